The van der Waals surface area contributed by atoms with E-state index in [0.717, 1.165) is 62.7 Å². The quantitative estimate of drug-likeness (QED) is 0.382. The summed E-state index contributed by atoms with van der Waals surface area (Å²) in [7, 11) is 0. The van der Waals surface area contributed by atoms with Crippen LogP contribution in [-0.2, 0) is 20.8 Å². The van der Waals surface area contributed by atoms with Crippen molar-refractivity contribution >= 4 is 34.7 Å². The summed E-state index contributed by atoms with van der Waals surface area (Å²) in [4.78, 5) is 42.6. The number of nitrogens with one attached hydrogen (secondary N) is 2. The lowest BCUT2D eigenvalue weighted by Gasteiger charge is -2.39. The van der Waals surface area contributed by atoms with E-state index in [-0.39, 0.29) is 16.9 Å². The van der Waals surface area contributed by atoms with Gasteiger partial charge >= 0.3 is 6.03 Å². The number of hydrogen-bond acceptors (Lipinski definition) is 8. The molecule has 3 amide bonds. The molecular formula is C30H45N5O5S. The predicted octanol–water partition coefficient (Wildman–Crippen LogP) is 4.69. The van der Waals surface area contributed by atoms with Gasteiger partial charge in [0, 0.05) is 36.9 Å². The Morgan fingerprint density at radius 2 is 1.80 bits per heavy atom. The van der Waals surface area contributed by atoms with Crippen molar-refractivity contribution in [1.29, 1.82) is 0 Å². The maximum Gasteiger partial charge on any atom is 0.343 e. The smallest absolute Gasteiger partial charge is 0.343 e. The number of benzene rings is 1. The van der Waals surface area contributed by atoms with Crippen LogP contribution in [0.3, 0.4) is 0 Å². The molecule has 41 heavy (non-hydrogen) atoms. The zero-order valence-corrected chi connectivity index (χ0v) is 25.6. The first kappa shape index (κ1) is 31.3. The number of nitrogens with zero attached hydrogens (tertiary/aromatic N) is 3. The molecule has 1 aliphatic carbocycles. The number of Topliss-reactive ketones (excluding diaryl/α,β-unsaturated/α-hetero) is 1. The van der Waals surface area contributed by atoms with Crippen molar-refractivity contribution in [2.75, 3.05) is 26.3 Å². The molecular weight excluding hydrogens is 542 g/mol. The highest BCUT2D eigenvalue weighted by Crippen LogP contribution is 2.29. The van der Waals surface area contributed by atoms with Crippen molar-refractivity contribution in [3.8, 4) is 0 Å². The molecule has 2 aliphatic heterocycles. The fraction of sp³-hybridized carbons (Fsp3) is 0.667. The van der Waals surface area contributed by atoms with E-state index in [0.29, 0.717) is 42.4 Å². The van der Waals surface area contributed by atoms with E-state index in [4.69, 9.17) is 9.47 Å². The average Bonchev–Trinajstić information content (AvgIpc) is 3.36. The molecule has 2 N–H and O–H groups in total. The van der Waals surface area contributed by atoms with Crippen LogP contribution in [0.2, 0.25) is 0 Å². The monoisotopic (exact) mass is 587 g/mol. The van der Waals surface area contributed by atoms with Crippen molar-refractivity contribution in [2.45, 2.75) is 96.3 Å². The molecule has 1 saturated heterocycles. The number of amides is 3. The Labute approximate surface area is 247 Å². The zero-order chi connectivity index (χ0) is 29.4. The summed E-state index contributed by atoms with van der Waals surface area (Å²) in [5, 5.41) is 12.2. The van der Waals surface area contributed by atoms with Gasteiger partial charge < -0.3 is 20.1 Å². The molecule has 226 valence electrons. The van der Waals surface area contributed by atoms with Gasteiger partial charge in [0.25, 0.3) is 17.4 Å². The second-order valence-electron chi connectivity index (χ2n) is 11.9. The molecule has 1 atom stereocenters. The van der Waals surface area contributed by atoms with Crippen molar-refractivity contribution in [1.82, 2.24) is 20.5 Å². The van der Waals surface area contributed by atoms with Gasteiger partial charge in [-0.25, -0.2) is 4.79 Å². The van der Waals surface area contributed by atoms with Crippen LogP contribution in [0, 0.1) is 5.92 Å². The first-order valence-corrected chi connectivity index (χ1v) is 15.8. The van der Waals surface area contributed by atoms with Gasteiger partial charge in [-0.05, 0) is 55.7 Å². The summed E-state index contributed by atoms with van der Waals surface area (Å²) in [6, 6.07) is 7.09. The van der Waals surface area contributed by atoms with Gasteiger partial charge in [-0.2, -0.15) is 5.01 Å². The fourth-order valence-electron chi connectivity index (χ4n) is 5.29. The number of ether oxygens (including phenoxy) is 2. The van der Waals surface area contributed by atoms with Gasteiger partial charge in [0.1, 0.15) is 5.66 Å². The summed E-state index contributed by atoms with van der Waals surface area (Å²) in [6.07, 6.45) is 3.83. The van der Waals surface area contributed by atoms with Crippen LogP contribution in [0.15, 0.2) is 29.4 Å². The Morgan fingerprint density at radius 3 is 2.49 bits per heavy atom. The van der Waals surface area contributed by atoms with E-state index in [1.165, 1.54) is 11.8 Å². The van der Waals surface area contributed by atoms with Gasteiger partial charge in [0.05, 0.1) is 13.2 Å². The lowest BCUT2D eigenvalue weighted by Crippen LogP contribution is -2.64. The first-order valence-electron chi connectivity index (χ1n) is 14.9. The highest BCUT2D eigenvalue weighted by atomic mass is 32.2. The summed E-state index contributed by atoms with van der Waals surface area (Å²) in [5.74, 6) is -0.0743. The van der Waals surface area contributed by atoms with Gasteiger partial charge in [0.15, 0.2) is 5.78 Å². The van der Waals surface area contributed by atoms with Crippen molar-refractivity contribution in [3.05, 3.63) is 35.4 Å². The number of urea groups is 1. The molecule has 10 nitrogen and oxygen atoms in total. The number of thioether (sulfide) groups is 1. The Kier molecular flexibility index (Phi) is 11.1. The minimum atomic E-state index is -1.11. The number of rotatable bonds is 10. The normalized spacial score (nSPS) is 21.0. The molecule has 0 spiro atoms. The largest absolute Gasteiger partial charge is 0.438 e. The molecule has 2 heterocycles. The van der Waals surface area contributed by atoms with Gasteiger partial charge in [-0.1, -0.05) is 58.0 Å². The van der Waals surface area contributed by atoms with Crippen molar-refractivity contribution < 1.29 is 23.9 Å². The van der Waals surface area contributed by atoms with E-state index >= 15 is 0 Å². The van der Waals surface area contributed by atoms with E-state index in [2.05, 4.69) is 34.5 Å². The highest BCUT2D eigenvalue weighted by molar-refractivity contribution is 8.14. The predicted molar refractivity (Wildman–Crippen MR) is 160 cm³/mol. The van der Waals surface area contributed by atoms with Crippen LogP contribution in [0.5, 0.6) is 0 Å². The standard InChI is InChI=1S/C30H45N5O5S/c1-21(2)11-12-25(36)27-35(33-29(40-27)41-22(3)4)28(38)32-30(13-6-5-7-14-30)31-26(37)24-10-8-9-23(19-24)20-34-15-17-39-18-16-34/h8-10,19,21-22,27H,5-7,11-18,20H2,1-4H3,(H,31,37)(H,32,38). The Balaban J connectivity index is 1.48. The van der Waals surface area contributed by atoms with Crippen LogP contribution >= 0.6 is 11.8 Å². The third-order valence-electron chi connectivity index (χ3n) is 7.52. The minimum absolute atomic E-state index is 0.172. The summed E-state index contributed by atoms with van der Waals surface area (Å²) >= 11 is 1.37. The Bertz CT molecular complexity index is 1100. The molecule has 11 heteroatoms. The second-order valence-corrected chi connectivity index (χ2v) is 13.4. The Hall–Kier alpha value is -2.63. The van der Waals surface area contributed by atoms with Crippen LogP contribution in [-0.4, -0.2) is 76.3 Å². The number of morpholine rings is 1. The number of ketones is 1. The lowest BCUT2D eigenvalue weighted by atomic mass is 9.88. The maximum atomic E-state index is 13.7. The molecule has 4 rings (SSSR count). The molecule has 1 unspecified atom stereocenters. The number of carbonyl (C=O) groups is 3. The zero-order valence-electron chi connectivity index (χ0n) is 24.8. The van der Waals surface area contributed by atoms with Gasteiger partial charge in [-0.3, -0.25) is 14.5 Å². The topological polar surface area (TPSA) is 113 Å². The van der Waals surface area contributed by atoms with E-state index in [9.17, 15) is 14.4 Å². The lowest BCUT2D eigenvalue weighted by molar-refractivity contribution is -0.131. The SMILES string of the molecule is CC(C)CCC(=O)C1OC(SC(C)C)=NN1C(=O)NC1(NC(=O)c2cccc(CN3CCOCC3)c2)CCCCC1. The highest BCUT2D eigenvalue weighted by Gasteiger charge is 2.43. The second kappa shape index (κ2) is 14.5. The number of hydrazone groups is 1. The van der Waals surface area contributed by atoms with Crippen LogP contribution < -0.4 is 10.6 Å². The first-order chi connectivity index (χ1) is 19.6. The average molecular weight is 588 g/mol. The number of hydrogen-bond donors (Lipinski definition) is 2. The number of carbonyl (C=O) groups excluding carboxylic acids is 3. The summed E-state index contributed by atoms with van der Waals surface area (Å²) in [5.41, 5.74) is 0.666. The van der Waals surface area contributed by atoms with E-state index in [1.807, 2.05) is 32.0 Å². The van der Waals surface area contributed by atoms with Crippen LogP contribution in [0.4, 0.5) is 4.79 Å². The van der Waals surface area contributed by atoms with Crippen LogP contribution in [0.1, 0.15) is 88.6 Å². The summed E-state index contributed by atoms with van der Waals surface area (Å²) in [6.45, 7) is 12.0. The molecule has 1 saturated carbocycles. The summed E-state index contributed by atoms with van der Waals surface area (Å²) < 4.78 is 11.3. The molecule has 0 bridgehead atoms. The third-order valence-corrected chi connectivity index (χ3v) is 8.37. The van der Waals surface area contributed by atoms with E-state index < -0.39 is 17.9 Å². The molecule has 1 aromatic carbocycles. The van der Waals surface area contributed by atoms with Crippen molar-refractivity contribution in [2.24, 2.45) is 11.0 Å². The molecule has 2 fully saturated rings. The Morgan fingerprint density at radius 1 is 1.07 bits per heavy atom. The fourth-order valence-corrected chi connectivity index (χ4v) is 5.97. The molecule has 1 aromatic rings. The van der Waals surface area contributed by atoms with Gasteiger partial charge in [0.2, 0.25) is 0 Å². The third kappa shape index (κ3) is 8.93. The maximum absolute atomic E-state index is 13.7. The molecule has 0 radical (unpaired) electrons. The van der Waals surface area contributed by atoms with E-state index in [1.54, 1.807) is 6.07 Å². The molecule has 3 aliphatic rings. The van der Waals surface area contributed by atoms with Crippen LogP contribution in [0.25, 0.3) is 0 Å². The molecule has 0 aromatic heterocycles. The van der Waals surface area contributed by atoms with Gasteiger partial charge in [-0.15, -0.1) is 5.10 Å². The van der Waals surface area contributed by atoms with Crippen molar-refractivity contribution in [3.63, 3.8) is 0 Å². The minimum Gasteiger partial charge on any atom is -0.438 e.